The van der Waals surface area contributed by atoms with Crippen LogP contribution in [0.15, 0.2) is 42.5 Å². The molecule has 2 aromatic rings. The van der Waals surface area contributed by atoms with E-state index in [1.54, 1.807) is 0 Å². The number of fused-ring (bicyclic) bond motifs is 1. The summed E-state index contributed by atoms with van der Waals surface area (Å²) in [6, 6.07) is 13.8. The lowest BCUT2D eigenvalue weighted by Crippen LogP contribution is -2.42. The van der Waals surface area contributed by atoms with Gasteiger partial charge in [0.2, 0.25) is 5.91 Å². The van der Waals surface area contributed by atoms with Gasteiger partial charge in [-0.2, -0.15) is 0 Å². The molecule has 5 nitrogen and oxygen atoms in total. The number of carbonyl (C=O) groups is 2. The molecule has 34 heavy (non-hydrogen) atoms. The number of carbonyl (C=O) groups excluding carboxylic acids is 2. The van der Waals surface area contributed by atoms with Gasteiger partial charge in [-0.15, -0.1) is 0 Å². The average Bonchev–Trinajstić information content (AvgIpc) is 3.07. The van der Waals surface area contributed by atoms with Crippen molar-refractivity contribution in [2.24, 2.45) is 11.3 Å². The zero-order valence-electron chi connectivity index (χ0n) is 19.5. The molecule has 7 heteroatoms. The Kier molecular flexibility index (Phi) is 6.38. The van der Waals surface area contributed by atoms with Crippen LogP contribution in [-0.4, -0.2) is 49.1 Å². The predicted molar refractivity (Wildman–Crippen MR) is 134 cm³/mol. The van der Waals surface area contributed by atoms with Crippen LogP contribution in [0.1, 0.15) is 60.0 Å². The highest BCUT2D eigenvalue weighted by Crippen LogP contribution is 2.59. The molecule has 0 spiro atoms. The fourth-order valence-corrected chi connectivity index (χ4v) is 6.87. The molecule has 3 aliphatic rings. The summed E-state index contributed by atoms with van der Waals surface area (Å²) in [5, 5.41) is 4.50. The van der Waals surface area contributed by atoms with Gasteiger partial charge >= 0.3 is 0 Å². The van der Waals surface area contributed by atoms with Gasteiger partial charge in [-0.1, -0.05) is 48.3 Å². The van der Waals surface area contributed by atoms with Gasteiger partial charge in [0.1, 0.15) is 0 Å². The second-order valence-corrected chi connectivity index (χ2v) is 10.9. The molecule has 3 fully saturated rings. The monoisotopic (exact) mass is 500 g/mol. The number of morpholine rings is 1. The summed E-state index contributed by atoms with van der Waals surface area (Å²) in [5.74, 6) is 0.491. The Bertz CT molecular complexity index is 1100. The van der Waals surface area contributed by atoms with Gasteiger partial charge in [0.05, 0.1) is 18.6 Å². The van der Waals surface area contributed by atoms with E-state index in [1.165, 1.54) is 5.56 Å². The lowest BCUT2D eigenvalue weighted by atomic mass is 9.56. The fourth-order valence-electron chi connectivity index (χ4n) is 6.42. The highest BCUT2D eigenvalue weighted by molar-refractivity contribution is 6.32. The molecule has 0 aromatic heterocycles. The Labute approximate surface area is 210 Å². The SMILES string of the molecule is C[C@H]1NC(=O)[C@]2(C)CC[C@@H](c3ccc(C(=O)N4CCOCC4)cc3Cl)[C@H](c3ccc(Cl)cc3)[C@H]12. The van der Waals surface area contributed by atoms with Crippen molar-refractivity contribution in [3.63, 3.8) is 0 Å². The molecule has 2 heterocycles. The summed E-state index contributed by atoms with van der Waals surface area (Å²) in [5.41, 5.74) is 2.39. The van der Waals surface area contributed by atoms with E-state index in [4.69, 9.17) is 27.9 Å². The Hall–Kier alpha value is -2.08. The van der Waals surface area contributed by atoms with E-state index in [9.17, 15) is 9.59 Å². The summed E-state index contributed by atoms with van der Waals surface area (Å²) in [4.78, 5) is 27.7. The van der Waals surface area contributed by atoms with Gasteiger partial charge in [0.25, 0.3) is 5.91 Å². The van der Waals surface area contributed by atoms with Gasteiger partial charge < -0.3 is 15.0 Å². The number of hydrogen-bond acceptors (Lipinski definition) is 3. The summed E-state index contributed by atoms with van der Waals surface area (Å²) in [6.07, 6.45) is 1.64. The largest absolute Gasteiger partial charge is 0.378 e. The van der Waals surface area contributed by atoms with E-state index < -0.39 is 5.41 Å². The first-order chi connectivity index (χ1) is 16.3. The highest BCUT2D eigenvalue weighted by atomic mass is 35.5. The second-order valence-electron chi connectivity index (χ2n) is 10.1. The molecular weight excluding hydrogens is 471 g/mol. The number of ether oxygens (including phenoxy) is 1. The maximum atomic E-state index is 13.0. The van der Waals surface area contributed by atoms with Crippen molar-refractivity contribution >= 4 is 35.0 Å². The average molecular weight is 501 g/mol. The van der Waals surface area contributed by atoms with Gasteiger partial charge in [0.15, 0.2) is 0 Å². The van der Waals surface area contributed by atoms with Crippen molar-refractivity contribution in [3.8, 4) is 0 Å². The topological polar surface area (TPSA) is 58.6 Å². The lowest BCUT2D eigenvalue weighted by Gasteiger charge is -2.46. The van der Waals surface area contributed by atoms with E-state index >= 15 is 0 Å². The van der Waals surface area contributed by atoms with Crippen molar-refractivity contribution in [1.82, 2.24) is 10.2 Å². The van der Waals surface area contributed by atoms with Crippen molar-refractivity contribution in [2.75, 3.05) is 26.3 Å². The molecule has 5 rings (SSSR count). The van der Waals surface area contributed by atoms with Gasteiger partial charge in [0, 0.05) is 40.7 Å². The Morgan fingerprint density at radius 3 is 2.50 bits per heavy atom. The minimum Gasteiger partial charge on any atom is -0.378 e. The standard InChI is InChI=1S/C27H30Cl2N2O3/c1-16-24-23(17-3-6-19(28)7-4-17)21(9-10-27(24,2)26(33)30-16)20-8-5-18(15-22(20)29)25(32)31-11-13-34-14-12-31/h3-8,15-16,21,23-24H,9-14H2,1-2H3,(H,30,33)/t16-,21+,23+,24+,27-/m1/s1. The van der Waals surface area contributed by atoms with Gasteiger partial charge in [-0.05, 0) is 67.0 Å². The highest BCUT2D eigenvalue weighted by Gasteiger charge is 2.57. The molecule has 5 atom stereocenters. The van der Waals surface area contributed by atoms with Crippen molar-refractivity contribution in [1.29, 1.82) is 0 Å². The minimum atomic E-state index is -0.418. The molecular formula is C27H30Cl2N2O3. The Balaban J connectivity index is 1.52. The lowest BCUT2D eigenvalue weighted by molar-refractivity contribution is -0.129. The third-order valence-corrected chi connectivity index (χ3v) is 8.73. The molecule has 1 aliphatic carbocycles. The quantitative estimate of drug-likeness (QED) is 0.624. The van der Waals surface area contributed by atoms with Crippen LogP contribution in [0.25, 0.3) is 0 Å². The van der Waals surface area contributed by atoms with E-state index in [0.29, 0.717) is 41.9 Å². The first-order valence-electron chi connectivity index (χ1n) is 12.0. The smallest absolute Gasteiger partial charge is 0.254 e. The van der Waals surface area contributed by atoms with Gasteiger partial charge in [-0.25, -0.2) is 0 Å². The molecule has 1 N–H and O–H groups in total. The number of halogens is 2. The molecule has 0 unspecified atom stereocenters. The molecule has 1 saturated carbocycles. The van der Waals surface area contributed by atoms with Crippen LogP contribution in [0.3, 0.4) is 0 Å². The maximum Gasteiger partial charge on any atom is 0.254 e. The third-order valence-electron chi connectivity index (χ3n) is 8.15. The Morgan fingerprint density at radius 2 is 1.82 bits per heavy atom. The second kappa shape index (κ2) is 9.18. The molecule has 0 bridgehead atoms. The third kappa shape index (κ3) is 4.02. The van der Waals surface area contributed by atoms with E-state index in [1.807, 2.05) is 35.2 Å². The van der Waals surface area contributed by atoms with Crippen LogP contribution >= 0.6 is 23.2 Å². The van der Waals surface area contributed by atoms with E-state index in [2.05, 4.69) is 31.3 Å². The molecule has 2 aliphatic heterocycles. The van der Waals surface area contributed by atoms with E-state index in [-0.39, 0.29) is 35.6 Å². The Morgan fingerprint density at radius 1 is 1.12 bits per heavy atom. The number of amides is 2. The van der Waals surface area contributed by atoms with Crippen LogP contribution in [0.2, 0.25) is 10.0 Å². The van der Waals surface area contributed by atoms with Crippen LogP contribution in [0, 0.1) is 11.3 Å². The molecule has 2 saturated heterocycles. The molecule has 2 amide bonds. The zero-order chi connectivity index (χ0) is 24.0. The van der Waals surface area contributed by atoms with Crippen LogP contribution in [0.4, 0.5) is 0 Å². The van der Waals surface area contributed by atoms with Crippen molar-refractivity contribution in [2.45, 2.75) is 44.6 Å². The van der Waals surface area contributed by atoms with Gasteiger partial charge in [-0.3, -0.25) is 9.59 Å². The molecule has 180 valence electrons. The number of nitrogens with zero attached hydrogens (tertiary/aromatic N) is 1. The van der Waals surface area contributed by atoms with Crippen LogP contribution in [-0.2, 0) is 9.53 Å². The van der Waals surface area contributed by atoms with Crippen molar-refractivity contribution in [3.05, 3.63) is 69.2 Å². The molecule has 2 aromatic carbocycles. The summed E-state index contributed by atoms with van der Waals surface area (Å²) < 4.78 is 5.37. The maximum absolute atomic E-state index is 13.0. The first kappa shape index (κ1) is 23.7. The number of hydrogen-bond donors (Lipinski definition) is 1. The summed E-state index contributed by atoms with van der Waals surface area (Å²) >= 11 is 13.1. The normalized spacial score (nSPS) is 31.2. The number of rotatable bonds is 3. The van der Waals surface area contributed by atoms with Crippen LogP contribution < -0.4 is 5.32 Å². The fraction of sp³-hybridized carbons (Fsp3) is 0.481. The summed E-state index contributed by atoms with van der Waals surface area (Å²) in [6.45, 7) is 6.52. The van der Waals surface area contributed by atoms with Crippen LogP contribution in [0.5, 0.6) is 0 Å². The van der Waals surface area contributed by atoms with E-state index in [0.717, 1.165) is 18.4 Å². The number of benzene rings is 2. The first-order valence-corrected chi connectivity index (χ1v) is 12.8. The molecule has 0 radical (unpaired) electrons. The minimum absolute atomic E-state index is 0.0126. The van der Waals surface area contributed by atoms with Crippen molar-refractivity contribution < 1.29 is 14.3 Å². The number of nitrogens with one attached hydrogen (secondary N) is 1. The zero-order valence-corrected chi connectivity index (χ0v) is 21.0. The summed E-state index contributed by atoms with van der Waals surface area (Å²) in [7, 11) is 0. The predicted octanol–water partition coefficient (Wildman–Crippen LogP) is 5.27.